The van der Waals surface area contributed by atoms with E-state index < -0.39 is 5.97 Å². The number of halogens is 1. The van der Waals surface area contributed by atoms with Crippen LogP contribution in [0, 0.1) is 13.8 Å². The summed E-state index contributed by atoms with van der Waals surface area (Å²) in [7, 11) is 0. The van der Waals surface area contributed by atoms with Gasteiger partial charge in [0.1, 0.15) is 0 Å². The molecule has 2 aromatic heterocycles. The van der Waals surface area contributed by atoms with Crippen molar-refractivity contribution in [1.82, 2.24) is 9.13 Å². The van der Waals surface area contributed by atoms with Gasteiger partial charge < -0.3 is 19.6 Å². The number of aromatic carboxylic acids is 1. The summed E-state index contributed by atoms with van der Waals surface area (Å²) in [4.78, 5) is 26.7. The Hall–Kier alpha value is -4.07. The first-order chi connectivity index (χ1) is 22.2. The van der Waals surface area contributed by atoms with Crippen LogP contribution in [-0.4, -0.2) is 55.7 Å². The predicted octanol–water partition coefficient (Wildman–Crippen LogP) is 9.06. The topological polar surface area (TPSA) is 76.3 Å². The molecule has 0 spiro atoms. The zero-order chi connectivity index (χ0) is 32.4. The van der Waals surface area contributed by atoms with Crippen LogP contribution in [0.15, 0.2) is 103 Å². The molecule has 0 atom stereocenters. The van der Waals surface area contributed by atoms with E-state index in [-0.39, 0.29) is 53.4 Å². The van der Waals surface area contributed by atoms with E-state index in [2.05, 4.69) is 41.1 Å². The van der Waals surface area contributed by atoms with Gasteiger partial charge in [-0.25, -0.2) is 4.79 Å². The standard InChI is InChI=1S/C39H36ClN3O3.Na.H/c1-4-5-8-27-15-17-29(18-16-27)30-19-20-34-35(23-30)42(24-28-9-6-11-32(40)21-28)37(39(45)46)36(34)41-38(44)31-10-7-12-33(22-31)43-25(2)13-14-26(43)3;;/h6-7,9-23H,4-5,8,24H2,1-3H3,(H,41,44)(H,45,46);;. The number of carbonyl (C=O) groups excluding carboxylic acids is 1. The fourth-order valence-corrected chi connectivity index (χ4v) is 6.37. The van der Waals surface area contributed by atoms with E-state index in [1.807, 2.05) is 80.6 Å². The van der Waals surface area contributed by atoms with Gasteiger partial charge in [-0.15, -0.1) is 0 Å². The fourth-order valence-electron chi connectivity index (χ4n) is 6.15. The van der Waals surface area contributed by atoms with Crippen molar-refractivity contribution in [2.45, 2.75) is 46.6 Å². The minimum absolute atomic E-state index is 0. The number of carboxylic acids is 1. The number of carboxylic acid groups (broad SMARTS) is 1. The van der Waals surface area contributed by atoms with E-state index in [0.29, 0.717) is 21.5 Å². The van der Waals surface area contributed by atoms with Gasteiger partial charge in [-0.3, -0.25) is 4.79 Å². The van der Waals surface area contributed by atoms with E-state index in [4.69, 9.17) is 11.6 Å². The van der Waals surface area contributed by atoms with E-state index in [1.165, 1.54) is 5.56 Å². The van der Waals surface area contributed by atoms with Gasteiger partial charge in [-0.2, -0.15) is 0 Å². The average molecular weight is 654 g/mol. The Labute approximate surface area is 302 Å². The molecule has 6 aromatic rings. The molecular formula is C39H37ClN3NaO3. The summed E-state index contributed by atoms with van der Waals surface area (Å²) in [6.45, 7) is 6.48. The summed E-state index contributed by atoms with van der Waals surface area (Å²) in [5.41, 5.74) is 8.49. The van der Waals surface area contributed by atoms with Crippen LogP contribution in [0.25, 0.3) is 27.7 Å². The van der Waals surface area contributed by atoms with Crippen LogP contribution in [0.3, 0.4) is 0 Å². The monoisotopic (exact) mass is 653 g/mol. The van der Waals surface area contributed by atoms with Gasteiger partial charge in [-0.1, -0.05) is 79.5 Å². The number of hydrogen-bond acceptors (Lipinski definition) is 2. The number of rotatable bonds is 10. The second-order valence-electron chi connectivity index (χ2n) is 11.7. The number of nitrogens with one attached hydrogen (secondary N) is 1. The first-order valence-corrected chi connectivity index (χ1v) is 15.9. The Kier molecular flexibility index (Phi) is 10.8. The molecule has 0 radical (unpaired) electrons. The molecule has 0 aliphatic carbocycles. The van der Waals surface area contributed by atoms with Gasteiger partial charge >= 0.3 is 35.5 Å². The number of fused-ring (bicyclic) bond motifs is 1. The summed E-state index contributed by atoms with van der Waals surface area (Å²) in [5, 5.41) is 14.8. The van der Waals surface area contributed by atoms with Crippen LogP contribution >= 0.6 is 11.6 Å². The Bertz CT molecular complexity index is 2060. The number of unbranched alkanes of at least 4 members (excludes halogenated alkanes) is 1. The van der Waals surface area contributed by atoms with Gasteiger partial charge in [0.05, 0.1) is 11.2 Å². The SMILES string of the molecule is CCCCc1ccc(-c2ccc3c(NC(=O)c4cccc(-n5c(C)ccc5C)c4)c(C(=O)O)n(Cc4cccc(Cl)c4)c3c2)cc1.[NaH]. The zero-order valence-electron chi connectivity index (χ0n) is 26.2. The van der Waals surface area contributed by atoms with Crippen LogP contribution in [0.2, 0.25) is 5.02 Å². The van der Waals surface area contributed by atoms with Gasteiger partial charge in [-0.05, 0) is 97.5 Å². The average Bonchev–Trinajstić information content (AvgIpc) is 3.55. The minimum atomic E-state index is -1.14. The maximum absolute atomic E-state index is 13.8. The number of anilines is 1. The third kappa shape index (κ3) is 7.26. The summed E-state index contributed by atoms with van der Waals surface area (Å²) in [5.74, 6) is -1.52. The molecule has 6 nitrogen and oxygen atoms in total. The molecule has 2 N–H and O–H groups in total. The molecular weight excluding hydrogens is 617 g/mol. The number of nitrogens with zero attached hydrogens (tertiary/aromatic N) is 2. The van der Waals surface area contributed by atoms with Crippen molar-refractivity contribution in [3.63, 3.8) is 0 Å². The molecule has 0 saturated carbocycles. The predicted molar refractivity (Wildman–Crippen MR) is 194 cm³/mol. The number of benzene rings is 4. The van der Waals surface area contributed by atoms with Gasteiger partial charge in [0, 0.05) is 39.6 Å². The Morgan fingerprint density at radius 3 is 2.19 bits per heavy atom. The van der Waals surface area contributed by atoms with Crippen molar-refractivity contribution in [3.05, 3.63) is 142 Å². The van der Waals surface area contributed by atoms with E-state index in [9.17, 15) is 14.7 Å². The van der Waals surface area contributed by atoms with Crippen molar-refractivity contribution in [2.75, 3.05) is 5.32 Å². The number of carbonyl (C=O) groups is 2. The van der Waals surface area contributed by atoms with Crippen LogP contribution in [0.4, 0.5) is 5.69 Å². The molecule has 2 heterocycles. The van der Waals surface area contributed by atoms with Crippen LogP contribution in [0.1, 0.15) is 63.1 Å². The van der Waals surface area contributed by atoms with E-state index >= 15 is 0 Å². The van der Waals surface area contributed by atoms with Crippen LogP contribution in [0.5, 0.6) is 0 Å². The van der Waals surface area contributed by atoms with E-state index in [0.717, 1.165) is 53.0 Å². The van der Waals surface area contributed by atoms with Crippen molar-refractivity contribution in [1.29, 1.82) is 0 Å². The Morgan fingerprint density at radius 1 is 0.809 bits per heavy atom. The van der Waals surface area contributed by atoms with Gasteiger partial charge in [0.25, 0.3) is 5.91 Å². The molecule has 1 amide bonds. The summed E-state index contributed by atoms with van der Waals surface area (Å²) < 4.78 is 3.83. The van der Waals surface area contributed by atoms with Gasteiger partial charge in [0.15, 0.2) is 5.69 Å². The number of hydrogen-bond donors (Lipinski definition) is 2. The summed E-state index contributed by atoms with van der Waals surface area (Å²) in [6.07, 6.45) is 3.33. The normalized spacial score (nSPS) is 11.0. The van der Waals surface area contributed by atoms with Crippen molar-refractivity contribution in [2.24, 2.45) is 0 Å². The first-order valence-electron chi connectivity index (χ1n) is 15.5. The van der Waals surface area contributed by atoms with Crippen LogP contribution < -0.4 is 5.32 Å². The molecule has 0 bridgehead atoms. The molecule has 6 rings (SSSR count). The van der Waals surface area contributed by atoms with Crippen molar-refractivity contribution < 1.29 is 14.7 Å². The molecule has 0 saturated heterocycles. The molecule has 0 aliphatic heterocycles. The maximum atomic E-state index is 13.8. The molecule has 0 unspecified atom stereocenters. The summed E-state index contributed by atoms with van der Waals surface area (Å²) >= 11 is 6.31. The number of aryl methyl sites for hydroxylation is 3. The molecule has 234 valence electrons. The van der Waals surface area contributed by atoms with Crippen molar-refractivity contribution in [3.8, 4) is 16.8 Å². The number of amides is 1. The summed E-state index contributed by atoms with van der Waals surface area (Å²) in [6, 6.07) is 33.2. The Balaban J connectivity index is 0.00000433. The van der Waals surface area contributed by atoms with Gasteiger partial charge in [0.2, 0.25) is 0 Å². The van der Waals surface area contributed by atoms with Crippen LogP contribution in [-0.2, 0) is 13.0 Å². The molecule has 4 aromatic carbocycles. The molecule has 0 fully saturated rings. The third-order valence-electron chi connectivity index (χ3n) is 8.48. The molecule has 47 heavy (non-hydrogen) atoms. The first kappa shape index (κ1) is 34.3. The van der Waals surface area contributed by atoms with Crippen molar-refractivity contribution >= 4 is 69.6 Å². The molecule has 8 heteroatoms. The second kappa shape index (κ2) is 14.8. The molecule has 0 aliphatic rings. The fraction of sp³-hybridized carbons (Fsp3) is 0.179. The third-order valence-corrected chi connectivity index (χ3v) is 8.71. The quantitative estimate of drug-likeness (QED) is 0.145. The number of aromatic nitrogens is 2. The zero-order valence-corrected chi connectivity index (χ0v) is 26.9. The van der Waals surface area contributed by atoms with E-state index in [1.54, 1.807) is 16.7 Å². The second-order valence-corrected chi connectivity index (χ2v) is 12.2. The Morgan fingerprint density at radius 2 is 1.51 bits per heavy atom.